The summed E-state index contributed by atoms with van der Waals surface area (Å²) < 4.78 is 0. The highest BCUT2D eigenvalue weighted by molar-refractivity contribution is 5.97. The van der Waals surface area contributed by atoms with Gasteiger partial charge in [0, 0.05) is 19.2 Å². The van der Waals surface area contributed by atoms with E-state index in [1.54, 1.807) is 23.1 Å². The van der Waals surface area contributed by atoms with Crippen molar-refractivity contribution in [2.75, 3.05) is 19.6 Å². The van der Waals surface area contributed by atoms with Gasteiger partial charge in [-0.1, -0.05) is 44.2 Å². The first-order chi connectivity index (χ1) is 15.3. The molecule has 1 saturated heterocycles. The van der Waals surface area contributed by atoms with Crippen molar-refractivity contribution in [2.24, 2.45) is 5.92 Å². The number of nitrogens with one attached hydrogen (secondary N) is 1. The van der Waals surface area contributed by atoms with Crippen LogP contribution in [0.25, 0.3) is 0 Å². The maximum atomic E-state index is 13.0. The minimum Gasteiger partial charge on any atom is -0.508 e. The molecule has 0 aliphatic carbocycles. The van der Waals surface area contributed by atoms with Crippen LogP contribution < -0.4 is 5.32 Å². The number of carbonyl (C=O) groups is 2. The normalized spacial score (nSPS) is 15.7. The van der Waals surface area contributed by atoms with Crippen molar-refractivity contribution in [1.29, 1.82) is 0 Å². The number of phenolic OH excluding ortho intramolecular Hbond substituents is 2. The van der Waals surface area contributed by atoms with E-state index in [1.807, 2.05) is 32.0 Å². The Balaban J connectivity index is 1.52. The maximum absolute atomic E-state index is 13.0. The number of likely N-dealkylation sites (tertiary alicyclic amines) is 1. The van der Waals surface area contributed by atoms with E-state index in [9.17, 15) is 24.9 Å². The Kier molecular flexibility index (Phi) is 7.75. The number of carboxylic acid groups (broad SMARTS) is 1. The Hall–Kier alpha value is -3.06. The van der Waals surface area contributed by atoms with Crippen LogP contribution in [0.1, 0.15) is 66.6 Å². The molecule has 0 saturated carbocycles. The average Bonchev–Trinajstić information content (AvgIpc) is 2.77. The second-order valence-electron chi connectivity index (χ2n) is 8.74. The van der Waals surface area contributed by atoms with E-state index in [1.165, 1.54) is 6.07 Å². The Morgan fingerprint density at radius 2 is 1.72 bits per heavy atom. The Bertz CT molecular complexity index is 937. The van der Waals surface area contributed by atoms with Crippen LogP contribution in [0.3, 0.4) is 0 Å². The van der Waals surface area contributed by atoms with Crippen LogP contribution in [-0.2, 0) is 4.79 Å². The molecule has 0 bridgehead atoms. The lowest BCUT2D eigenvalue weighted by Gasteiger charge is -2.32. The number of carbonyl (C=O) groups excluding carboxylic acids is 1. The minimum absolute atomic E-state index is 0.00424. The topological polar surface area (TPSA) is 110 Å². The van der Waals surface area contributed by atoms with Crippen molar-refractivity contribution >= 4 is 11.9 Å². The summed E-state index contributed by atoms with van der Waals surface area (Å²) >= 11 is 0. The van der Waals surface area contributed by atoms with Crippen LogP contribution in [-0.4, -0.2) is 51.7 Å². The summed E-state index contributed by atoms with van der Waals surface area (Å²) in [7, 11) is 0. The third-order valence-corrected chi connectivity index (χ3v) is 6.18. The standard InChI is InChI=1S/C25H32N2O5/c1-16(2)19-14-20(22(29)15-21(19)28)24(30)27-12-9-17(10-13-27)8-11-26-23(25(31)32)18-6-4-3-5-7-18/h3-7,14-17,23,26,28-29H,8-13H2,1-2H3,(H,31,32)/t23-/m0/s1. The second-order valence-corrected chi connectivity index (χ2v) is 8.74. The van der Waals surface area contributed by atoms with Gasteiger partial charge in [-0.15, -0.1) is 0 Å². The Morgan fingerprint density at radius 3 is 2.31 bits per heavy atom. The first kappa shape index (κ1) is 23.6. The van der Waals surface area contributed by atoms with E-state index < -0.39 is 12.0 Å². The molecule has 0 spiro atoms. The molecule has 0 aromatic heterocycles. The SMILES string of the molecule is CC(C)c1cc(C(=O)N2CCC(CCN[C@H](C(=O)O)c3ccccc3)CC2)c(O)cc1O. The van der Waals surface area contributed by atoms with Crippen molar-refractivity contribution in [3.63, 3.8) is 0 Å². The smallest absolute Gasteiger partial charge is 0.325 e. The number of nitrogens with zero attached hydrogens (tertiary/aromatic N) is 1. The number of piperidine rings is 1. The molecule has 1 aliphatic heterocycles. The predicted octanol–water partition coefficient (Wildman–Crippen LogP) is 3.88. The monoisotopic (exact) mass is 440 g/mol. The van der Waals surface area contributed by atoms with Crippen LogP contribution in [0.4, 0.5) is 0 Å². The summed E-state index contributed by atoms with van der Waals surface area (Å²) in [5, 5.41) is 32.9. The molecule has 1 aliphatic rings. The van der Waals surface area contributed by atoms with Gasteiger partial charge in [-0.2, -0.15) is 0 Å². The van der Waals surface area contributed by atoms with Crippen molar-refractivity contribution in [2.45, 2.75) is 45.1 Å². The van der Waals surface area contributed by atoms with Crippen molar-refractivity contribution < 1.29 is 24.9 Å². The van der Waals surface area contributed by atoms with E-state index >= 15 is 0 Å². The molecule has 1 fully saturated rings. The number of aliphatic carboxylic acids is 1. The van der Waals surface area contributed by atoms with Gasteiger partial charge in [0.15, 0.2) is 0 Å². The molecular weight excluding hydrogens is 408 g/mol. The zero-order valence-electron chi connectivity index (χ0n) is 18.6. The molecule has 7 nitrogen and oxygen atoms in total. The zero-order chi connectivity index (χ0) is 23.3. The quantitative estimate of drug-likeness (QED) is 0.496. The number of phenols is 2. The Labute approximate surface area is 188 Å². The molecule has 1 atom stereocenters. The van der Waals surface area contributed by atoms with Gasteiger partial charge < -0.3 is 25.5 Å². The lowest BCUT2D eigenvalue weighted by atomic mass is 9.92. The van der Waals surface area contributed by atoms with Crippen molar-refractivity contribution in [3.05, 3.63) is 59.2 Å². The number of carboxylic acids is 1. The lowest BCUT2D eigenvalue weighted by molar-refractivity contribution is -0.139. The summed E-state index contributed by atoms with van der Waals surface area (Å²) in [4.78, 5) is 26.3. The average molecular weight is 441 g/mol. The molecule has 1 amide bonds. The van der Waals surface area contributed by atoms with Gasteiger partial charge >= 0.3 is 5.97 Å². The first-order valence-electron chi connectivity index (χ1n) is 11.1. The van der Waals surface area contributed by atoms with E-state index in [2.05, 4.69) is 5.32 Å². The predicted molar refractivity (Wildman–Crippen MR) is 122 cm³/mol. The van der Waals surface area contributed by atoms with Gasteiger partial charge in [0.2, 0.25) is 0 Å². The third kappa shape index (κ3) is 5.59. The largest absolute Gasteiger partial charge is 0.508 e. The molecule has 4 N–H and O–H groups in total. The fraction of sp³-hybridized carbons (Fsp3) is 0.440. The van der Waals surface area contributed by atoms with Gasteiger partial charge in [-0.3, -0.25) is 9.59 Å². The molecule has 1 heterocycles. The van der Waals surface area contributed by atoms with Gasteiger partial charge in [0.1, 0.15) is 17.5 Å². The number of amides is 1. The van der Waals surface area contributed by atoms with Crippen LogP contribution in [0.5, 0.6) is 11.5 Å². The Morgan fingerprint density at radius 1 is 1.06 bits per heavy atom. The fourth-order valence-electron chi connectivity index (χ4n) is 4.25. The third-order valence-electron chi connectivity index (χ3n) is 6.18. The molecule has 2 aromatic rings. The van der Waals surface area contributed by atoms with Crippen LogP contribution in [0.2, 0.25) is 0 Å². The highest BCUT2D eigenvalue weighted by Gasteiger charge is 2.27. The van der Waals surface area contributed by atoms with Crippen LogP contribution >= 0.6 is 0 Å². The number of hydrogen-bond donors (Lipinski definition) is 4. The second kappa shape index (κ2) is 10.5. The molecule has 172 valence electrons. The van der Waals surface area contributed by atoms with E-state index in [-0.39, 0.29) is 28.9 Å². The molecule has 2 aromatic carbocycles. The zero-order valence-corrected chi connectivity index (χ0v) is 18.6. The van der Waals surface area contributed by atoms with Gasteiger partial charge in [0.05, 0.1) is 5.56 Å². The highest BCUT2D eigenvalue weighted by Crippen LogP contribution is 2.33. The molecule has 32 heavy (non-hydrogen) atoms. The number of aromatic hydroxyl groups is 2. The van der Waals surface area contributed by atoms with Gasteiger partial charge in [0.25, 0.3) is 5.91 Å². The lowest BCUT2D eigenvalue weighted by Crippen LogP contribution is -2.39. The van der Waals surface area contributed by atoms with Gasteiger partial charge in [-0.25, -0.2) is 0 Å². The van der Waals surface area contributed by atoms with Crippen molar-refractivity contribution in [1.82, 2.24) is 10.2 Å². The van der Waals surface area contributed by atoms with Crippen molar-refractivity contribution in [3.8, 4) is 11.5 Å². The van der Waals surface area contributed by atoms with Crippen LogP contribution in [0, 0.1) is 5.92 Å². The van der Waals surface area contributed by atoms with E-state index in [0.717, 1.165) is 24.8 Å². The fourth-order valence-corrected chi connectivity index (χ4v) is 4.25. The number of benzene rings is 2. The summed E-state index contributed by atoms with van der Waals surface area (Å²) in [6.07, 6.45) is 2.49. The number of rotatable bonds is 8. The molecular formula is C25H32N2O5. The summed E-state index contributed by atoms with van der Waals surface area (Å²) in [5.74, 6) is -0.899. The molecule has 0 unspecified atom stereocenters. The highest BCUT2D eigenvalue weighted by atomic mass is 16.4. The summed E-state index contributed by atoms with van der Waals surface area (Å²) in [6.45, 7) is 5.60. The van der Waals surface area contributed by atoms with Crippen LogP contribution in [0.15, 0.2) is 42.5 Å². The molecule has 3 rings (SSSR count). The van der Waals surface area contributed by atoms with E-state index in [0.29, 0.717) is 31.1 Å². The minimum atomic E-state index is -0.897. The maximum Gasteiger partial charge on any atom is 0.325 e. The summed E-state index contributed by atoms with van der Waals surface area (Å²) in [6, 6.07) is 11.2. The first-order valence-corrected chi connectivity index (χ1v) is 11.1. The molecule has 0 radical (unpaired) electrons. The summed E-state index contributed by atoms with van der Waals surface area (Å²) in [5.41, 5.74) is 1.59. The molecule has 7 heteroatoms. The van der Waals surface area contributed by atoms with E-state index in [4.69, 9.17) is 0 Å². The number of hydrogen-bond acceptors (Lipinski definition) is 5. The van der Waals surface area contributed by atoms with Gasteiger partial charge in [-0.05, 0) is 54.8 Å².